The van der Waals surface area contributed by atoms with Gasteiger partial charge in [0.1, 0.15) is 17.6 Å². The van der Waals surface area contributed by atoms with Crippen molar-refractivity contribution in [3.63, 3.8) is 0 Å². The molecule has 0 radical (unpaired) electrons. The van der Waals surface area contributed by atoms with Crippen LogP contribution in [-0.2, 0) is 16.2 Å². The van der Waals surface area contributed by atoms with Gasteiger partial charge in [0, 0.05) is 34.9 Å². The molecule has 30 heavy (non-hydrogen) atoms. The van der Waals surface area contributed by atoms with Crippen LogP contribution in [0.3, 0.4) is 0 Å². The average molecular weight is 419 g/mol. The van der Waals surface area contributed by atoms with Crippen molar-refractivity contribution in [2.75, 3.05) is 0 Å². The molecule has 4 N–H and O–H groups in total. The Morgan fingerprint density at radius 2 is 1.90 bits per heavy atom. The van der Waals surface area contributed by atoms with E-state index in [9.17, 15) is 23.9 Å². The van der Waals surface area contributed by atoms with E-state index in [1.807, 2.05) is 0 Å². The van der Waals surface area contributed by atoms with Gasteiger partial charge >= 0.3 is 5.97 Å². The lowest BCUT2D eigenvalue weighted by Gasteiger charge is -2.29. The fourth-order valence-electron chi connectivity index (χ4n) is 3.71. The van der Waals surface area contributed by atoms with Gasteiger partial charge in [-0.25, -0.2) is 8.78 Å². The highest BCUT2D eigenvalue weighted by atomic mass is 19.1. The van der Waals surface area contributed by atoms with E-state index in [-0.39, 0.29) is 34.4 Å². The van der Waals surface area contributed by atoms with Crippen molar-refractivity contribution in [1.29, 1.82) is 0 Å². The standard InChI is InChI=1S/C20H19F2N3O5/c1-9-15-11(20(30)25(9)13(19(23)29)4-5-14(27)28)2-3-12(17(15)22)18-16(21)10(8-26)6-7-24-18/h2-3,6-7,9,13,26H,4-5,8H2,1H3,(H2,23,29)(H,27,28)/t9-,13?/m1/s1. The Labute approximate surface area is 169 Å². The van der Waals surface area contributed by atoms with E-state index in [0.29, 0.717) is 0 Å². The van der Waals surface area contributed by atoms with Crippen molar-refractivity contribution in [2.24, 2.45) is 5.73 Å². The molecule has 2 atom stereocenters. The molecular weight excluding hydrogens is 400 g/mol. The molecule has 1 unspecified atom stereocenters. The van der Waals surface area contributed by atoms with E-state index >= 15 is 4.39 Å². The fourth-order valence-corrected chi connectivity index (χ4v) is 3.71. The summed E-state index contributed by atoms with van der Waals surface area (Å²) in [6, 6.07) is 1.58. The highest BCUT2D eigenvalue weighted by Crippen LogP contribution is 2.40. The number of halogens is 2. The average Bonchev–Trinajstić information content (AvgIpc) is 2.94. The fraction of sp³-hybridized carbons (Fsp3) is 0.300. The SMILES string of the molecule is C[C@@H]1c2c(ccc(-c3nccc(CO)c3F)c2F)C(=O)N1C(CCC(=O)O)C(N)=O. The third-order valence-corrected chi connectivity index (χ3v) is 5.17. The van der Waals surface area contributed by atoms with E-state index in [2.05, 4.69) is 4.98 Å². The van der Waals surface area contributed by atoms with Crippen LogP contribution in [0.5, 0.6) is 0 Å². The number of aromatic nitrogens is 1. The first-order valence-corrected chi connectivity index (χ1v) is 9.09. The van der Waals surface area contributed by atoms with Gasteiger partial charge in [0.15, 0.2) is 5.82 Å². The lowest BCUT2D eigenvalue weighted by Crippen LogP contribution is -2.46. The molecule has 0 fully saturated rings. The summed E-state index contributed by atoms with van der Waals surface area (Å²) in [5, 5.41) is 18.1. The van der Waals surface area contributed by atoms with Crippen LogP contribution < -0.4 is 5.73 Å². The molecule has 10 heteroatoms. The van der Waals surface area contributed by atoms with Crippen molar-refractivity contribution < 1.29 is 33.4 Å². The summed E-state index contributed by atoms with van der Waals surface area (Å²) in [6.07, 6.45) is 0.599. The third kappa shape index (κ3) is 3.50. The van der Waals surface area contributed by atoms with Gasteiger partial charge in [-0.3, -0.25) is 19.4 Å². The quantitative estimate of drug-likeness (QED) is 0.626. The Bertz CT molecular complexity index is 1040. The van der Waals surface area contributed by atoms with Crippen LogP contribution in [0.4, 0.5) is 8.78 Å². The maximum Gasteiger partial charge on any atom is 0.303 e. The van der Waals surface area contributed by atoms with E-state index in [1.165, 1.54) is 31.3 Å². The second-order valence-corrected chi connectivity index (χ2v) is 6.92. The number of primary amides is 1. The monoisotopic (exact) mass is 419 g/mol. The second-order valence-electron chi connectivity index (χ2n) is 6.92. The minimum atomic E-state index is -1.24. The van der Waals surface area contributed by atoms with E-state index in [0.717, 1.165) is 4.90 Å². The number of aliphatic hydroxyl groups excluding tert-OH is 1. The molecule has 158 valence electrons. The first-order valence-electron chi connectivity index (χ1n) is 9.09. The van der Waals surface area contributed by atoms with Crippen LogP contribution in [-0.4, -0.2) is 43.9 Å². The summed E-state index contributed by atoms with van der Waals surface area (Å²) in [7, 11) is 0. The predicted molar refractivity (Wildman–Crippen MR) is 99.9 cm³/mol. The van der Waals surface area contributed by atoms with Crippen LogP contribution in [0.15, 0.2) is 24.4 Å². The van der Waals surface area contributed by atoms with Crippen molar-refractivity contribution in [3.8, 4) is 11.3 Å². The topological polar surface area (TPSA) is 134 Å². The number of nitrogens with zero attached hydrogens (tertiary/aromatic N) is 2. The number of aliphatic carboxylic acids is 1. The van der Waals surface area contributed by atoms with Gasteiger partial charge in [0.25, 0.3) is 5.91 Å². The number of carboxylic acids is 1. The zero-order valence-corrected chi connectivity index (χ0v) is 15.9. The number of carbonyl (C=O) groups is 3. The zero-order valence-electron chi connectivity index (χ0n) is 15.9. The number of amides is 2. The Kier molecular flexibility index (Phi) is 5.79. The first-order chi connectivity index (χ1) is 14.2. The van der Waals surface area contributed by atoms with Crippen molar-refractivity contribution in [1.82, 2.24) is 9.88 Å². The molecule has 0 aliphatic carbocycles. The van der Waals surface area contributed by atoms with Crippen molar-refractivity contribution >= 4 is 17.8 Å². The van der Waals surface area contributed by atoms with Crippen molar-refractivity contribution in [3.05, 3.63) is 52.7 Å². The lowest BCUT2D eigenvalue weighted by atomic mass is 9.98. The smallest absolute Gasteiger partial charge is 0.303 e. The molecule has 1 aliphatic rings. The number of hydrogen-bond donors (Lipinski definition) is 3. The van der Waals surface area contributed by atoms with Crippen molar-refractivity contribution in [2.45, 2.75) is 38.5 Å². The number of benzene rings is 1. The van der Waals surface area contributed by atoms with Gasteiger partial charge in [-0.05, 0) is 31.5 Å². The molecule has 0 spiro atoms. The molecule has 3 rings (SSSR count). The maximum absolute atomic E-state index is 15.4. The number of hydrogen-bond acceptors (Lipinski definition) is 5. The highest BCUT2D eigenvalue weighted by molar-refractivity contribution is 6.02. The van der Waals surface area contributed by atoms with Crippen LogP contribution >= 0.6 is 0 Å². The number of aliphatic hydroxyl groups is 1. The van der Waals surface area contributed by atoms with Gasteiger partial charge in [0.05, 0.1) is 12.6 Å². The van der Waals surface area contributed by atoms with Gasteiger partial charge in [-0.1, -0.05) is 0 Å². The summed E-state index contributed by atoms with van der Waals surface area (Å²) in [5.41, 5.74) is 4.70. The third-order valence-electron chi connectivity index (χ3n) is 5.17. The highest BCUT2D eigenvalue weighted by Gasteiger charge is 2.43. The molecule has 0 bridgehead atoms. The van der Waals surface area contributed by atoms with Crippen LogP contribution in [0.2, 0.25) is 0 Å². The summed E-state index contributed by atoms with van der Waals surface area (Å²) in [6.45, 7) is 0.877. The molecule has 1 aromatic carbocycles. The first kappa shape index (κ1) is 21.3. The zero-order chi connectivity index (χ0) is 22.2. The maximum atomic E-state index is 15.4. The Morgan fingerprint density at radius 1 is 1.23 bits per heavy atom. The largest absolute Gasteiger partial charge is 0.481 e. The molecular formula is C20H19F2N3O5. The van der Waals surface area contributed by atoms with Crippen LogP contribution in [0, 0.1) is 11.6 Å². The molecule has 1 aromatic heterocycles. The lowest BCUT2D eigenvalue weighted by molar-refractivity contribution is -0.137. The summed E-state index contributed by atoms with van der Waals surface area (Å²) >= 11 is 0. The van der Waals surface area contributed by atoms with Gasteiger partial charge in [-0.2, -0.15) is 0 Å². The Hall–Kier alpha value is -3.40. The number of fused-ring (bicyclic) bond motifs is 1. The van der Waals surface area contributed by atoms with Crippen LogP contribution in [0.1, 0.15) is 47.3 Å². The number of carbonyl (C=O) groups excluding carboxylic acids is 2. The van der Waals surface area contributed by atoms with E-state index < -0.39 is 54.5 Å². The summed E-state index contributed by atoms with van der Waals surface area (Å²) in [4.78, 5) is 40.5. The summed E-state index contributed by atoms with van der Waals surface area (Å²) < 4.78 is 30.0. The minimum Gasteiger partial charge on any atom is -0.481 e. The van der Waals surface area contributed by atoms with E-state index in [1.54, 1.807) is 0 Å². The Balaban J connectivity index is 2.07. The molecule has 2 heterocycles. The predicted octanol–water partition coefficient (Wildman–Crippen LogP) is 1.75. The summed E-state index contributed by atoms with van der Waals surface area (Å²) in [5.74, 6) is -4.53. The number of carboxylic acid groups (broad SMARTS) is 1. The molecule has 1 aliphatic heterocycles. The van der Waals surface area contributed by atoms with E-state index in [4.69, 9.17) is 10.8 Å². The Morgan fingerprint density at radius 3 is 2.50 bits per heavy atom. The number of rotatable bonds is 7. The van der Waals surface area contributed by atoms with Crippen LogP contribution in [0.25, 0.3) is 11.3 Å². The molecule has 2 aromatic rings. The molecule has 2 amide bonds. The van der Waals surface area contributed by atoms with Gasteiger partial charge in [0.2, 0.25) is 5.91 Å². The molecule has 0 saturated heterocycles. The minimum absolute atomic E-state index is 0.0240. The second kappa shape index (κ2) is 8.15. The van der Waals surface area contributed by atoms with Gasteiger partial charge in [-0.15, -0.1) is 0 Å². The molecule has 0 saturated carbocycles. The van der Waals surface area contributed by atoms with Gasteiger partial charge < -0.3 is 20.8 Å². The molecule has 8 nitrogen and oxygen atoms in total. The number of pyridine rings is 1. The number of nitrogens with two attached hydrogens (primary N) is 1. The normalized spacial score (nSPS) is 16.5.